The van der Waals surface area contributed by atoms with Gasteiger partial charge in [-0.15, -0.1) is 0 Å². The maximum atomic E-state index is 11.5. The number of hydrogen-bond acceptors (Lipinski definition) is 10. The van der Waals surface area contributed by atoms with E-state index in [1.807, 2.05) is 0 Å². The molecule has 2 rings (SSSR count). The summed E-state index contributed by atoms with van der Waals surface area (Å²) in [6.07, 6.45) is -6.35. The second kappa shape index (κ2) is 10.2. The number of rotatable bonds is 7. The first kappa shape index (κ1) is 22.6. The summed E-state index contributed by atoms with van der Waals surface area (Å²) in [6, 6.07) is -1.55. The Kier molecular flexibility index (Phi) is 8.22. The van der Waals surface area contributed by atoms with Crippen molar-refractivity contribution in [2.45, 2.75) is 69.2 Å². The average Bonchev–Trinajstić information content (AvgIpc) is 2.61. The predicted molar refractivity (Wildman–Crippen MR) is 92.9 cm³/mol. The minimum absolute atomic E-state index is 0.0249. The zero-order chi connectivity index (χ0) is 20.8. The number of nitrogens with zero attached hydrogens (tertiary/aromatic N) is 1. The summed E-state index contributed by atoms with van der Waals surface area (Å²) in [5.74, 6) is -0.768. The largest absolute Gasteiger partial charge is 0.394 e. The van der Waals surface area contributed by atoms with Crippen molar-refractivity contribution in [2.24, 2.45) is 5.18 Å². The summed E-state index contributed by atoms with van der Waals surface area (Å²) in [7, 11) is 0. The van der Waals surface area contributed by atoms with E-state index in [1.165, 1.54) is 13.8 Å². The van der Waals surface area contributed by atoms with Crippen LogP contribution in [0.15, 0.2) is 5.18 Å². The van der Waals surface area contributed by atoms with E-state index >= 15 is 0 Å². The highest BCUT2D eigenvalue weighted by Crippen LogP contribution is 2.27. The van der Waals surface area contributed by atoms with Gasteiger partial charge in [-0.05, 0) is 0 Å². The third-order valence-corrected chi connectivity index (χ3v) is 4.67. The van der Waals surface area contributed by atoms with Crippen molar-refractivity contribution in [3.63, 3.8) is 0 Å². The van der Waals surface area contributed by atoms with Crippen LogP contribution in [0.4, 0.5) is 0 Å². The third kappa shape index (κ3) is 5.65. The van der Waals surface area contributed by atoms with Gasteiger partial charge >= 0.3 is 0 Å². The number of nitroso groups, excluding NO2 is 1. The van der Waals surface area contributed by atoms with Crippen LogP contribution in [0.3, 0.4) is 0 Å². The number of ether oxygens (including phenoxy) is 3. The van der Waals surface area contributed by atoms with E-state index in [1.54, 1.807) is 0 Å². The van der Waals surface area contributed by atoms with Crippen LogP contribution >= 0.6 is 0 Å². The van der Waals surface area contributed by atoms with Crippen LogP contribution < -0.4 is 10.6 Å². The molecule has 8 atom stereocenters. The van der Waals surface area contributed by atoms with Gasteiger partial charge in [-0.25, -0.2) is 0 Å². The van der Waals surface area contributed by atoms with E-state index in [2.05, 4.69) is 15.8 Å². The molecule has 0 aromatic rings. The van der Waals surface area contributed by atoms with Crippen LogP contribution in [0.1, 0.15) is 20.3 Å². The Labute approximate surface area is 161 Å². The van der Waals surface area contributed by atoms with Gasteiger partial charge in [0, 0.05) is 20.3 Å². The molecule has 12 nitrogen and oxygen atoms in total. The predicted octanol–water partition coefficient (Wildman–Crippen LogP) is -2.62. The topological polar surface area (TPSA) is 176 Å². The van der Waals surface area contributed by atoms with E-state index in [4.69, 9.17) is 14.2 Å². The lowest BCUT2D eigenvalue weighted by molar-refractivity contribution is -0.287. The van der Waals surface area contributed by atoms with Crippen LogP contribution in [0.25, 0.3) is 0 Å². The number of hydrogen-bond donors (Lipinski definition) is 5. The van der Waals surface area contributed by atoms with Crippen molar-refractivity contribution >= 4 is 11.8 Å². The van der Waals surface area contributed by atoms with E-state index < -0.39 is 61.4 Å². The summed E-state index contributed by atoms with van der Waals surface area (Å²) in [5, 5.41) is 38.1. The lowest BCUT2D eigenvalue weighted by Gasteiger charge is -2.44. The van der Waals surface area contributed by atoms with Gasteiger partial charge in [0.05, 0.1) is 31.4 Å². The highest BCUT2D eigenvalue weighted by Gasteiger charge is 2.46. The lowest BCUT2D eigenvalue weighted by atomic mass is 9.96. The fourth-order valence-electron chi connectivity index (χ4n) is 3.37. The SMILES string of the molecule is CC(=O)N[C@H]1CO[C@H](CO)[C@@H](O[C@@H]2O[C@H](CN=O)[C@@H](O)C[C@H]2NC(C)=O)[C@@H]1O. The molecule has 2 saturated heterocycles. The Morgan fingerprint density at radius 2 is 1.79 bits per heavy atom. The molecule has 0 aliphatic carbocycles. The maximum absolute atomic E-state index is 11.5. The molecule has 0 spiro atoms. The van der Waals surface area contributed by atoms with Gasteiger partial charge in [-0.2, -0.15) is 4.91 Å². The molecule has 0 saturated carbocycles. The molecule has 2 amide bonds. The molecule has 0 unspecified atom stereocenters. The summed E-state index contributed by atoms with van der Waals surface area (Å²) < 4.78 is 16.9. The first-order chi connectivity index (χ1) is 13.3. The zero-order valence-corrected chi connectivity index (χ0v) is 15.7. The lowest BCUT2D eigenvalue weighted by Crippen LogP contribution is -2.64. The Morgan fingerprint density at radius 3 is 2.36 bits per heavy atom. The summed E-state index contributed by atoms with van der Waals surface area (Å²) in [4.78, 5) is 33.4. The molecule has 2 aliphatic rings. The average molecular weight is 405 g/mol. The molecule has 5 N–H and O–H groups in total. The number of carbonyl (C=O) groups excluding carboxylic acids is 2. The van der Waals surface area contributed by atoms with Gasteiger partial charge in [0.25, 0.3) is 0 Å². The number of aliphatic hydroxyl groups is 3. The van der Waals surface area contributed by atoms with Crippen molar-refractivity contribution in [2.75, 3.05) is 19.8 Å². The van der Waals surface area contributed by atoms with Crippen LogP contribution in [-0.4, -0.2) is 95.8 Å². The van der Waals surface area contributed by atoms with Crippen molar-refractivity contribution in [3.8, 4) is 0 Å². The first-order valence-corrected chi connectivity index (χ1v) is 8.99. The number of aliphatic hydroxyl groups excluding tert-OH is 3. The van der Waals surface area contributed by atoms with Gasteiger partial charge < -0.3 is 40.2 Å². The Morgan fingerprint density at radius 1 is 1.14 bits per heavy atom. The molecule has 0 aromatic carbocycles. The van der Waals surface area contributed by atoms with Gasteiger partial charge in [0.2, 0.25) is 11.8 Å². The summed E-state index contributed by atoms with van der Waals surface area (Å²) >= 11 is 0. The minimum atomic E-state index is -1.23. The Bertz CT molecular complexity index is 563. The van der Waals surface area contributed by atoms with Crippen molar-refractivity contribution in [3.05, 3.63) is 4.91 Å². The highest BCUT2D eigenvalue weighted by molar-refractivity contribution is 5.73. The fourth-order valence-corrected chi connectivity index (χ4v) is 3.37. The van der Waals surface area contributed by atoms with E-state index in [0.717, 1.165) is 0 Å². The smallest absolute Gasteiger partial charge is 0.217 e. The molecular weight excluding hydrogens is 378 g/mol. The molecule has 0 aromatic heterocycles. The first-order valence-electron chi connectivity index (χ1n) is 8.99. The quantitative estimate of drug-likeness (QED) is 0.284. The number of nitrogens with one attached hydrogen (secondary N) is 2. The second-order valence-corrected chi connectivity index (χ2v) is 6.92. The van der Waals surface area contributed by atoms with Crippen molar-refractivity contribution < 1.29 is 39.1 Å². The summed E-state index contributed by atoms with van der Waals surface area (Å²) in [5.41, 5.74) is 0. The second-order valence-electron chi connectivity index (χ2n) is 6.92. The fraction of sp³-hybridized carbons (Fsp3) is 0.875. The normalized spacial score (nSPS) is 38.5. The van der Waals surface area contributed by atoms with Gasteiger partial charge in [-0.1, -0.05) is 5.18 Å². The zero-order valence-electron chi connectivity index (χ0n) is 15.7. The number of amides is 2. The third-order valence-electron chi connectivity index (χ3n) is 4.67. The van der Waals surface area contributed by atoms with Gasteiger partial charge in [0.1, 0.15) is 31.0 Å². The molecule has 12 heteroatoms. The molecule has 2 aliphatic heterocycles. The monoisotopic (exact) mass is 405 g/mol. The van der Waals surface area contributed by atoms with Crippen LogP contribution in [0.5, 0.6) is 0 Å². The Hall–Kier alpha value is -1.70. The van der Waals surface area contributed by atoms with Crippen LogP contribution in [-0.2, 0) is 23.8 Å². The number of carbonyl (C=O) groups is 2. The van der Waals surface area contributed by atoms with Crippen molar-refractivity contribution in [1.29, 1.82) is 0 Å². The standard InChI is InChI=1S/C16H27N3O9/c1-7(21)18-9-3-11(23)12(4-17-25)27-16(9)28-15-13(5-20)26-6-10(14(15)24)19-8(2)22/h9-16,20,23-24H,3-6H2,1-2H3,(H,18,21)(H,19,22)/t9-,10+,11+,12-,13-,14-,15-,16+/m1/s1. The molecule has 2 heterocycles. The molecular formula is C16H27N3O9. The molecule has 0 bridgehead atoms. The van der Waals surface area contributed by atoms with E-state index in [0.29, 0.717) is 0 Å². The maximum Gasteiger partial charge on any atom is 0.217 e. The van der Waals surface area contributed by atoms with Gasteiger partial charge in [-0.3, -0.25) is 9.59 Å². The van der Waals surface area contributed by atoms with Crippen LogP contribution in [0, 0.1) is 4.91 Å². The van der Waals surface area contributed by atoms with E-state index in [9.17, 15) is 29.8 Å². The minimum Gasteiger partial charge on any atom is -0.394 e. The van der Waals surface area contributed by atoms with Crippen LogP contribution in [0.2, 0.25) is 0 Å². The molecule has 2 fully saturated rings. The highest BCUT2D eigenvalue weighted by atomic mass is 16.7. The van der Waals surface area contributed by atoms with E-state index in [-0.39, 0.29) is 25.5 Å². The van der Waals surface area contributed by atoms with Gasteiger partial charge in [0.15, 0.2) is 6.29 Å². The summed E-state index contributed by atoms with van der Waals surface area (Å²) in [6.45, 7) is 1.76. The van der Waals surface area contributed by atoms with Crippen molar-refractivity contribution in [1.82, 2.24) is 10.6 Å². The Balaban J connectivity index is 2.18. The molecule has 0 radical (unpaired) electrons. The molecule has 28 heavy (non-hydrogen) atoms. The molecule has 160 valence electrons.